The Hall–Kier alpha value is -2.61. The third-order valence-electron chi connectivity index (χ3n) is 3.59. The van der Waals surface area contributed by atoms with Gasteiger partial charge in [0.1, 0.15) is 11.5 Å². The Kier molecular flexibility index (Phi) is 7.60. The van der Waals surface area contributed by atoms with Crippen molar-refractivity contribution in [1.82, 2.24) is 0 Å². The number of hydrogen-bond donors (Lipinski definition) is 1. The van der Waals surface area contributed by atoms with Crippen LogP contribution in [0.25, 0.3) is 0 Å². The van der Waals surface area contributed by atoms with E-state index in [1.54, 1.807) is 24.3 Å². The van der Waals surface area contributed by atoms with E-state index in [0.29, 0.717) is 28.4 Å². The van der Waals surface area contributed by atoms with Crippen LogP contribution in [0.2, 0.25) is 0 Å². The number of hydrogen-bond acceptors (Lipinski definition) is 5. The molecule has 1 amide bonds. The summed E-state index contributed by atoms with van der Waals surface area (Å²) in [5, 5.41) is 13.4. The molecule has 2 rings (SSSR count). The number of benzene rings is 2. The summed E-state index contributed by atoms with van der Waals surface area (Å²) < 4.78 is 11.6. The summed E-state index contributed by atoms with van der Waals surface area (Å²) in [7, 11) is 0. The van der Waals surface area contributed by atoms with Gasteiger partial charge < -0.3 is 14.8 Å². The molecule has 0 unspecified atom stereocenters. The number of nitro groups is 1. The van der Waals surface area contributed by atoms with Gasteiger partial charge in [0.2, 0.25) is 0 Å². The molecule has 7 nitrogen and oxygen atoms in total. The topological polar surface area (TPSA) is 90.7 Å². The minimum Gasteiger partial charge on any atom is -0.494 e. The largest absolute Gasteiger partial charge is 0.494 e. The molecule has 0 aromatic heterocycles. The number of rotatable bonds is 9. The van der Waals surface area contributed by atoms with Gasteiger partial charge in [0.15, 0.2) is 6.61 Å². The van der Waals surface area contributed by atoms with Crippen molar-refractivity contribution in [3.05, 3.63) is 57.1 Å². The predicted molar refractivity (Wildman–Crippen MR) is 106 cm³/mol. The third-order valence-corrected chi connectivity index (χ3v) is 4.28. The summed E-state index contributed by atoms with van der Waals surface area (Å²) in [5.41, 5.74) is 0.203. The summed E-state index contributed by atoms with van der Waals surface area (Å²) in [6.45, 7) is 4.70. The number of carbonyl (C=O) groups excluding carboxylic acids is 1. The predicted octanol–water partition coefficient (Wildman–Crippen LogP) is 4.80. The van der Waals surface area contributed by atoms with Gasteiger partial charge >= 0.3 is 0 Å². The van der Waals surface area contributed by atoms with Gasteiger partial charge in [-0.1, -0.05) is 13.8 Å². The molecule has 0 atom stereocenters. The van der Waals surface area contributed by atoms with Gasteiger partial charge in [-0.05, 0) is 58.6 Å². The van der Waals surface area contributed by atoms with Gasteiger partial charge in [0.25, 0.3) is 11.6 Å². The van der Waals surface area contributed by atoms with Crippen molar-refractivity contribution < 1.29 is 19.2 Å². The van der Waals surface area contributed by atoms with Gasteiger partial charge in [-0.2, -0.15) is 0 Å². The molecule has 2 aromatic rings. The van der Waals surface area contributed by atoms with E-state index in [9.17, 15) is 14.9 Å². The second kappa shape index (κ2) is 9.91. The number of carbonyl (C=O) groups is 1. The van der Waals surface area contributed by atoms with Crippen LogP contribution in [-0.4, -0.2) is 24.0 Å². The second-order valence-electron chi connectivity index (χ2n) is 6.26. The Balaban J connectivity index is 1.85. The van der Waals surface area contributed by atoms with E-state index in [0.717, 1.165) is 12.2 Å². The number of non-ortho nitro benzene ring substituents is 1. The van der Waals surface area contributed by atoms with Crippen molar-refractivity contribution in [3.8, 4) is 11.5 Å². The molecule has 0 aliphatic carbocycles. The first kappa shape index (κ1) is 20.7. The highest BCUT2D eigenvalue weighted by Gasteiger charge is 2.12. The number of amides is 1. The van der Waals surface area contributed by atoms with Crippen LogP contribution in [0.5, 0.6) is 11.5 Å². The van der Waals surface area contributed by atoms with Crippen LogP contribution in [0.15, 0.2) is 46.9 Å². The highest BCUT2D eigenvalue weighted by Crippen LogP contribution is 2.27. The molecule has 0 saturated carbocycles. The molecule has 144 valence electrons. The van der Waals surface area contributed by atoms with Crippen molar-refractivity contribution in [3.63, 3.8) is 0 Å². The maximum atomic E-state index is 12.0. The summed E-state index contributed by atoms with van der Waals surface area (Å²) in [5.74, 6) is 1.43. The molecule has 0 fully saturated rings. The summed E-state index contributed by atoms with van der Waals surface area (Å²) >= 11 is 3.25. The third kappa shape index (κ3) is 6.90. The molecular formula is C19H21BrN2O5. The zero-order chi connectivity index (χ0) is 19.8. The zero-order valence-electron chi connectivity index (χ0n) is 15.1. The standard InChI is InChI=1S/C19H21BrN2O5/c1-13(2)9-10-26-15-4-6-16(7-5-15)27-12-19(23)21-18-11-14(22(24)25)3-8-17(18)20/h3-8,11,13H,9-10,12H2,1-2H3,(H,21,23). The van der Waals surface area contributed by atoms with E-state index in [-0.39, 0.29) is 12.3 Å². The monoisotopic (exact) mass is 436 g/mol. The normalized spacial score (nSPS) is 10.5. The number of nitro benzene ring substituents is 1. The van der Waals surface area contributed by atoms with E-state index in [1.165, 1.54) is 18.2 Å². The van der Waals surface area contributed by atoms with Crippen LogP contribution >= 0.6 is 15.9 Å². The molecule has 0 radical (unpaired) electrons. The lowest BCUT2D eigenvalue weighted by Gasteiger charge is -2.10. The molecule has 1 N–H and O–H groups in total. The molecule has 2 aromatic carbocycles. The fourth-order valence-electron chi connectivity index (χ4n) is 2.10. The number of nitrogens with zero attached hydrogens (tertiary/aromatic N) is 1. The van der Waals surface area contributed by atoms with Crippen LogP contribution in [0.3, 0.4) is 0 Å². The van der Waals surface area contributed by atoms with Gasteiger partial charge in [-0.25, -0.2) is 0 Å². The van der Waals surface area contributed by atoms with Crippen LogP contribution in [0.4, 0.5) is 11.4 Å². The average Bonchev–Trinajstić information content (AvgIpc) is 2.62. The van der Waals surface area contributed by atoms with Gasteiger partial charge in [0, 0.05) is 16.6 Å². The quantitative estimate of drug-likeness (QED) is 0.450. The molecule has 0 spiro atoms. The van der Waals surface area contributed by atoms with Gasteiger partial charge in [-0.15, -0.1) is 0 Å². The maximum Gasteiger partial charge on any atom is 0.271 e. The van der Waals surface area contributed by atoms with Crippen LogP contribution in [0.1, 0.15) is 20.3 Å². The summed E-state index contributed by atoms with van der Waals surface area (Å²) in [6, 6.07) is 11.1. The van der Waals surface area contributed by atoms with Crippen molar-refractivity contribution in [2.75, 3.05) is 18.5 Å². The zero-order valence-corrected chi connectivity index (χ0v) is 16.7. The highest BCUT2D eigenvalue weighted by atomic mass is 79.9. The van der Waals surface area contributed by atoms with Gasteiger partial charge in [-0.3, -0.25) is 14.9 Å². The Morgan fingerprint density at radius 1 is 1.15 bits per heavy atom. The maximum absolute atomic E-state index is 12.0. The Morgan fingerprint density at radius 3 is 2.37 bits per heavy atom. The van der Waals surface area contributed by atoms with Crippen molar-refractivity contribution in [1.29, 1.82) is 0 Å². The first-order chi connectivity index (χ1) is 12.8. The molecular weight excluding hydrogens is 416 g/mol. The smallest absolute Gasteiger partial charge is 0.271 e. The summed E-state index contributed by atoms with van der Waals surface area (Å²) in [6.07, 6.45) is 0.978. The Morgan fingerprint density at radius 2 is 1.78 bits per heavy atom. The molecule has 0 aliphatic rings. The lowest BCUT2D eigenvalue weighted by Crippen LogP contribution is -2.20. The van der Waals surface area contributed by atoms with Crippen molar-refractivity contribution in [2.24, 2.45) is 5.92 Å². The lowest BCUT2D eigenvalue weighted by molar-refractivity contribution is -0.384. The Labute approximate surface area is 166 Å². The fourth-order valence-corrected chi connectivity index (χ4v) is 2.45. The number of ether oxygens (including phenoxy) is 2. The molecule has 0 aliphatic heterocycles. The van der Waals surface area contributed by atoms with Crippen molar-refractivity contribution in [2.45, 2.75) is 20.3 Å². The van der Waals surface area contributed by atoms with E-state index in [1.807, 2.05) is 0 Å². The molecule has 0 bridgehead atoms. The first-order valence-electron chi connectivity index (χ1n) is 8.44. The average molecular weight is 437 g/mol. The van der Waals surface area contributed by atoms with Crippen molar-refractivity contribution >= 4 is 33.2 Å². The van der Waals surface area contributed by atoms with E-state index in [2.05, 4.69) is 35.1 Å². The minimum atomic E-state index is -0.524. The lowest BCUT2D eigenvalue weighted by atomic mass is 10.1. The fraction of sp³-hybridized carbons (Fsp3) is 0.316. The second-order valence-corrected chi connectivity index (χ2v) is 7.11. The van der Waals surface area contributed by atoms with Crippen LogP contribution in [0, 0.1) is 16.0 Å². The van der Waals surface area contributed by atoms with E-state index >= 15 is 0 Å². The molecule has 0 heterocycles. The highest BCUT2D eigenvalue weighted by molar-refractivity contribution is 9.10. The van der Waals surface area contributed by atoms with E-state index < -0.39 is 10.8 Å². The van der Waals surface area contributed by atoms with Gasteiger partial charge in [0.05, 0.1) is 17.2 Å². The minimum absolute atomic E-state index is 0.109. The number of nitrogens with one attached hydrogen (secondary N) is 1. The summed E-state index contributed by atoms with van der Waals surface area (Å²) in [4.78, 5) is 22.3. The molecule has 8 heteroatoms. The molecule has 0 saturated heterocycles. The van der Waals surface area contributed by atoms with Crippen LogP contribution in [-0.2, 0) is 4.79 Å². The number of anilines is 1. The SMILES string of the molecule is CC(C)CCOc1ccc(OCC(=O)Nc2cc([N+](=O)[O-])ccc2Br)cc1. The van der Waals surface area contributed by atoms with Crippen LogP contribution < -0.4 is 14.8 Å². The first-order valence-corrected chi connectivity index (χ1v) is 9.24. The Bertz CT molecular complexity index is 793. The molecule has 27 heavy (non-hydrogen) atoms. The van der Waals surface area contributed by atoms with E-state index in [4.69, 9.17) is 9.47 Å². The number of halogens is 1.